The van der Waals surface area contributed by atoms with Gasteiger partial charge in [0.25, 0.3) is 5.91 Å². The van der Waals surface area contributed by atoms with Gasteiger partial charge in [-0.25, -0.2) is 0 Å². The molecular weight excluding hydrogens is 328 g/mol. The van der Waals surface area contributed by atoms with Crippen molar-refractivity contribution < 1.29 is 14.3 Å². The fourth-order valence-corrected chi connectivity index (χ4v) is 2.82. The van der Waals surface area contributed by atoms with E-state index >= 15 is 0 Å². The SMILES string of the molecule is COc1cc2c(cc1OC)C(=CC=Cc1ccc(N(C)C)cc1)C(=O)N2. The first-order valence-corrected chi connectivity index (χ1v) is 8.27. The molecule has 2 aromatic rings. The molecule has 2 aromatic carbocycles. The number of anilines is 2. The quantitative estimate of drug-likeness (QED) is 0.833. The molecule has 3 rings (SSSR count). The Morgan fingerprint density at radius 3 is 2.27 bits per heavy atom. The van der Waals surface area contributed by atoms with Crippen LogP contribution in [0.15, 0.2) is 48.6 Å². The largest absolute Gasteiger partial charge is 0.493 e. The lowest BCUT2D eigenvalue weighted by Gasteiger charge is -2.11. The zero-order chi connectivity index (χ0) is 18.7. The highest BCUT2D eigenvalue weighted by molar-refractivity contribution is 6.32. The molecule has 1 amide bonds. The lowest BCUT2D eigenvalue weighted by atomic mass is 10.1. The number of rotatable bonds is 5. The van der Waals surface area contributed by atoms with Gasteiger partial charge >= 0.3 is 0 Å². The summed E-state index contributed by atoms with van der Waals surface area (Å²) >= 11 is 0. The number of carbonyl (C=O) groups excluding carboxylic acids is 1. The van der Waals surface area contributed by atoms with Gasteiger partial charge in [-0.15, -0.1) is 0 Å². The summed E-state index contributed by atoms with van der Waals surface area (Å²) in [5.41, 5.74) is 4.34. The first kappa shape index (κ1) is 17.6. The molecule has 0 radical (unpaired) electrons. The van der Waals surface area contributed by atoms with E-state index in [0.717, 1.165) is 22.5 Å². The number of ether oxygens (including phenoxy) is 2. The van der Waals surface area contributed by atoms with Crippen molar-refractivity contribution in [3.63, 3.8) is 0 Å². The molecule has 0 atom stereocenters. The summed E-state index contributed by atoms with van der Waals surface area (Å²) in [7, 11) is 7.17. The number of hydrogen-bond acceptors (Lipinski definition) is 4. The Morgan fingerprint density at radius 1 is 1.00 bits per heavy atom. The van der Waals surface area contributed by atoms with E-state index < -0.39 is 0 Å². The van der Waals surface area contributed by atoms with Crippen LogP contribution in [0.4, 0.5) is 11.4 Å². The average Bonchev–Trinajstić information content (AvgIpc) is 2.95. The number of methoxy groups -OCH3 is 2. The Labute approximate surface area is 153 Å². The highest BCUT2D eigenvalue weighted by Crippen LogP contribution is 2.40. The fourth-order valence-electron chi connectivity index (χ4n) is 2.82. The van der Waals surface area contributed by atoms with Gasteiger partial charge in [0.1, 0.15) is 0 Å². The third kappa shape index (κ3) is 3.42. The van der Waals surface area contributed by atoms with Gasteiger partial charge < -0.3 is 19.7 Å². The van der Waals surface area contributed by atoms with Crippen molar-refractivity contribution in [3.8, 4) is 11.5 Å². The average molecular weight is 350 g/mol. The van der Waals surface area contributed by atoms with Crippen molar-refractivity contribution in [1.82, 2.24) is 0 Å². The van der Waals surface area contributed by atoms with Gasteiger partial charge in [0.15, 0.2) is 11.5 Å². The minimum Gasteiger partial charge on any atom is -0.493 e. The molecular formula is C21H22N2O3. The maximum absolute atomic E-state index is 12.3. The van der Waals surface area contributed by atoms with Gasteiger partial charge in [-0.1, -0.05) is 24.3 Å². The van der Waals surface area contributed by atoms with Gasteiger partial charge in [0.2, 0.25) is 0 Å². The number of benzene rings is 2. The normalized spacial score (nSPS) is 14.5. The fraction of sp³-hybridized carbons (Fsp3) is 0.190. The number of nitrogens with one attached hydrogen (secondary N) is 1. The second kappa shape index (κ2) is 7.35. The van der Waals surface area contributed by atoms with Gasteiger partial charge in [-0.3, -0.25) is 4.79 Å². The molecule has 0 aliphatic carbocycles. The highest BCUT2D eigenvalue weighted by atomic mass is 16.5. The van der Waals surface area contributed by atoms with Gasteiger partial charge in [0, 0.05) is 37.0 Å². The Hall–Kier alpha value is -3.21. The van der Waals surface area contributed by atoms with Crippen LogP contribution in [0, 0.1) is 0 Å². The molecule has 134 valence electrons. The molecule has 0 bridgehead atoms. The number of allylic oxidation sites excluding steroid dienone is 2. The van der Waals surface area contributed by atoms with E-state index in [4.69, 9.17) is 9.47 Å². The third-order valence-corrected chi connectivity index (χ3v) is 4.27. The van der Waals surface area contributed by atoms with Crippen molar-refractivity contribution in [2.75, 3.05) is 38.5 Å². The molecule has 1 heterocycles. The topological polar surface area (TPSA) is 50.8 Å². The first-order valence-electron chi connectivity index (χ1n) is 8.27. The van der Waals surface area contributed by atoms with E-state index in [2.05, 4.69) is 22.3 Å². The molecule has 1 aliphatic heterocycles. The van der Waals surface area contributed by atoms with E-state index in [0.29, 0.717) is 17.1 Å². The van der Waals surface area contributed by atoms with E-state index in [9.17, 15) is 4.79 Å². The summed E-state index contributed by atoms with van der Waals surface area (Å²) in [4.78, 5) is 14.3. The molecule has 5 heteroatoms. The van der Waals surface area contributed by atoms with Crippen LogP contribution in [-0.4, -0.2) is 34.2 Å². The van der Waals surface area contributed by atoms with E-state index in [1.54, 1.807) is 20.3 Å². The second-order valence-electron chi connectivity index (χ2n) is 6.13. The number of hydrogen-bond donors (Lipinski definition) is 1. The molecule has 1 aliphatic rings. The number of fused-ring (bicyclic) bond motifs is 1. The van der Waals surface area contributed by atoms with Crippen LogP contribution in [0.5, 0.6) is 11.5 Å². The minimum atomic E-state index is -0.136. The second-order valence-corrected chi connectivity index (χ2v) is 6.13. The summed E-state index contributed by atoms with van der Waals surface area (Å²) in [6, 6.07) is 11.8. The van der Waals surface area contributed by atoms with Gasteiger partial charge in [-0.05, 0) is 29.8 Å². The molecule has 0 saturated heterocycles. The molecule has 0 aromatic heterocycles. The lowest BCUT2D eigenvalue weighted by molar-refractivity contribution is -0.110. The Morgan fingerprint density at radius 2 is 1.65 bits per heavy atom. The van der Waals surface area contributed by atoms with Crippen molar-refractivity contribution >= 4 is 28.9 Å². The minimum absolute atomic E-state index is 0.136. The number of carbonyl (C=O) groups is 1. The van der Waals surface area contributed by atoms with E-state index in [1.807, 2.05) is 50.5 Å². The standard InChI is InChI=1S/C21H22N2O3/c1-23(2)15-10-8-14(9-11-15)6-5-7-16-17-12-19(25-3)20(26-4)13-18(17)22-21(16)24/h5-13H,1-4H3,(H,22,24). The van der Waals surface area contributed by atoms with Crippen LogP contribution < -0.4 is 19.7 Å². The van der Waals surface area contributed by atoms with Crippen molar-refractivity contribution in [2.45, 2.75) is 0 Å². The summed E-state index contributed by atoms with van der Waals surface area (Å²) in [6.45, 7) is 0. The highest BCUT2D eigenvalue weighted by Gasteiger charge is 2.26. The van der Waals surface area contributed by atoms with Crippen LogP contribution in [0.3, 0.4) is 0 Å². The monoisotopic (exact) mass is 350 g/mol. The summed E-state index contributed by atoms with van der Waals surface area (Å²) in [5.74, 6) is 1.05. The zero-order valence-corrected chi connectivity index (χ0v) is 15.4. The lowest BCUT2D eigenvalue weighted by Crippen LogP contribution is -2.07. The van der Waals surface area contributed by atoms with Gasteiger partial charge in [-0.2, -0.15) is 0 Å². The molecule has 1 N–H and O–H groups in total. The van der Waals surface area contributed by atoms with Crippen LogP contribution >= 0.6 is 0 Å². The Balaban J connectivity index is 1.87. The molecule has 5 nitrogen and oxygen atoms in total. The van der Waals surface area contributed by atoms with Crippen molar-refractivity contribution in [3.05, 3.63) is 59.7 Å². The molecule has 26 heavy (non-hydrogen) atoms. The Kier molecular flexibility index (Phi) is 4.98. The third-order valence-electron chi connectivity index (χ3n) is 4.27. The maximum Gasteiger partial charge on any atom is 0.256 e. The molecule has 0 unspecified atom stereocenters. The Bertz CT molecular complexity index is 881. The molecule has 0 saturated carbocycles. The van der Waals surface area contributed by atoms with Crippen LogP contribution in [0.1, 0.15) is 11.1 Å². The van der Waals surface area contributed by atoms with Gasteiger partial charge in [0.05, 0.1) is 19.9 Å². The van der Waals surface area contributed by atoms with E-state index in [1.165, 1.54) is 0 Å². The van der Waals surface area contributed by atoms with Crippen molar-refractivity contribution in [1.29, 1.82) is 0 Å². The van der Waals surface area contributed by atoms with Crippen LogP contribution in [-0.2, 0) is 4.79 Å². The summed E-state index contributed by atoms with van der Waals surface area (Å²) < 4.78 is 10.6. The maximum atomic E-state index is 12.3. The smallest absolute Gasteiger partial charge is 0.256 e. The van der Waals surface area contributed by atoms with Crippen LogP contribution in [0.25, 0.3) is 11.6 Å². The van der Waals surface area contributed by atoms with Crippen LogP contribution in [0.2, 0.25) is 0 Å². The first-order chi connectivity index (χ1) is 12.5. The molecule has 0 fully saturated rings. The number of amides is 1. The van der Waals surface area contributed by atoms with E-state index in [-0.39, 0.29) is 5.91 Å². The number of nitrogens with zero attached hydrogens (tertiary/aromatic N) is 1. The summed E-state index contributed by atoms with van der Waals surface area (Å²) in [6.07, 6.45) is 5.66. The summed E-state index contributed by atoms with van der Waals surface area (Å²) in [5, 5.41) is 2.86. The molecule has 0 spiro atoms. The zero-order valence-electron chi connectivity index (χ0n) is 15.4. The predicted molar refractivity (Wildman–Crippen MR) is 106 cm³/mol. The predicted octanol–water partition coefficient (Wildman–Crippen LogP) is 3.82. The van der Waals surface area contributed by atoms with Crippen molar-refractivity contribution in [2.24, 2.45) is 0 Å².